The van der Waals surface area contributed by atoms with Crippen LogP contribution in [0.5, 0.6) is 0 Å². The van der Waals surface area contributed by atoms with Crippen molar-refractivity contribution in [1.82, 2.24) is 15.3 Å². The van der Waals surface area contributed by atoms with Gasteiger partial charge in [0.25, 0.3) is 0 Å². The molecule has 0 radical (unpaired) electrons. The molecule has 0 aromatic carbocycles. The molecule has 0 aliphatic rings. The standard InChI is InChI=1S/C9H16N4O2/c1-3-13-8(4-7(2)12-13)5-11-15-6-9(10)14/h4,11H,3,5-6H2,1-2H3,(H2,10,14). The van der Waals surface area contributed by atoms with Crippen molar-refractivity contribution in [3.63, 3.8) is 0 Å². The zero-order valence-electron chi connectivity index (χ0n) is 8.99. The van der Waals surface area contributed by atoms with Gasteiger partial charge in [0.05, 0.1) is 17.9 Å². The summed E-state index contributed by atoms with van der Waals surface area (Å²) in [6, 6.07) is 1.96. The lowest BCUT2D eigenvalue weighted by molar-refractivity contribution is -0.125. The molecule has 0 spiro atoms. The van der Waals surface area contributed by atoms with Crippen molar-refractivity contribution in [2.75, 3.05) is 6.61 Å². The van der Waals surface area contributed by atoms with Gasteiger partial charge in [0.2, 0.25) is 5.91 Å². The van der Waals surface area contributed by atoms with Crippen LogP contribution in [0.3, 0.4) is 0 Å². The predicted octanol–water partition coefficient (Wildman–Crippen LogP) is -0.282. The summed E-state index contributed by atoms with van der Waals surface area (Å²) in [6.07, 6.45) is 0. The van der Waals surface area contributed by atoms with E-state index in [0.717, 1.165) is 17.9 Å². The fourth-order valence-electron chi connectivity index (χ4n) is 1.26. The summed E-state index contributed by atoms with van der Waals surface area (Å²) < 4.78 is 1.87. The Morgan fingerprint density at radius 3 is 3.07 bits per heavy atom. The summed E-state index contributed by atoms with van der Waals surface area (Å²) in [5.41, 5.74) is 9.55. The zero-order valence-corrected chi connectivity index (χ0v) is 8.99. The van der Waals surface area contributed by atoms with Crippen LogP contribution in [0.2, 0.25) is 0 Å². The van der Waals surface area contributed by atoms with Crippen LogP contribution in [-0.2, 0) is 22.7 Å². The Balaban J connectivity index is 2.39. The lowest BCUT2D eigenvalue weighted by atomic mass is 10.4. The van der Waals surface area contributed by atoms with E-state index < -0.39 is 5.91 Å². The van der Waals surface area contributed by atoms with Gasteiger partial charge in [0, 0.05) is 6.54 Å². The average molecular weight is 212 g/mol. The topological polar surface area (TPSA) is 82.2 Å². The van der Waals surface area contributed by atoms with Gasteiger partial charge in [0.15, 0.2) is 0 Å². The van der Waals surface area contributed by atoms with Gasteiger partial charge in [-0.2, -0.15) is 10.6 Å². The molecular weight excluding hydrogens is 196 g/mol. The Morgan fingerprint density at radius 1 is 1.73 bits per heavy atom. The lowest BCUT2D eigenvalue weighted by Gasteiger charge is -2.05. The van der Waals surface area contributed by atoms with Crippen molar-refractivity contribution in [1.29, 1.82) is 0 Å². The third kappa shape index (κ3) is 3.69. The Bertz CT molecular complexity index is 335. The number of primary amides is 1. The SMILES string of the molecule is CCn1nc(C)cc1CNOCC(N)=O. The Kier molecular flexibility index (Phi) is 4.26. The predicted molar refractivity (Wildman–Crippen MR) is 54.6 cm³/mol. The van der Waals surface area contributed by atoms with Crippen LogP contribution in [0.15, 0.2) is 6.07 Å². The number of aromatic nitrogens is 2. The molecule has 1 aromatic rings. The van der Waals surface area contributed by atoms with E-state index in [1.54, 1.807) is 0 Å². The van der Waals surface area contributed by atoms with Gasteiger partial charge in [-0.15, -0.1) is 0 Å². The number of nitrogens with zero attached hydrogens (tertiary/aromatic N) is 2. The Hall–Kier alpha value is -1.40. The van der Waals surface area contributed by atoms with Crippen molar-refractivity contribution in [2.24, 2.45) is 5.73 Å². The third-order valence-electron chi connectivity index (χ3n) is 1.85. The van der Waals surface area contributed by atoms with E-state index >= 15 is 0 Å². The van der Waals surface area contributed by atoms with Gasteiger partial charge in [-0.3, -0.25) is 14.3 Å². The molecule has 1 rings (SSSR count). The van der Waals surface area contributed by atoms with Gasteiger partial charge in [-0.05, 0) is 19.9 Å². The Morgan fingerprint density at radius 2 is 2.47 bits per heavy atom. The molecule has 84 valence electrons. The summed E-state index contributed by atoms with van der Waals surface area (Å²) >= 11 is 0. The van der Waals surface area contributed by atoms with Gasteiger partial charge in [0.1, 0.15) is 6.61 Å². The van der Waals surface area contributed by atoms with E-state index in [9.17, 15) is 4.79 Å². The number of nitrogens with one attached hydrogen (secondary N) is 1. The Labute approximate surface area is 88.3 Å². The number of rotatable bonds is 6. The number of amides is 1. The molecule has 0 atom stereocenters. The van der Waals surface area contributed by atoms with Crippen molar-refractivity contribution >= 4 is 5.91 Å². The van der Waals surface area contributed by atoms with Crippen molar-refractivity contribution < 1.29 is 9.63 Å². The van der Waals surface area contributed by atoms with Crippen molar-refractivity contribution in [2.45, 2.75) is 26.9 Å². The average Bonchev–Trinajstić information content (AvgIpc) is 2.53. The van der Waals surface area contributed by atoms with Crippen LogP contribution in [0, 0.1) is 6.92 Å². The highest BCUT2D eigenvalue weighted by molar-refractivity contribution is 5.74. The lowest BCUT2D eigenvalue weighted by Crippen LogP contribution is -2.25. The second kappa shape index (κ2) is 5.47. The van der Waals surface area contributed by atoms with Crippen LogP contribution in [0.4, 0.5) is 0 Å². The van der Waals surface area contributed by atoms with Crippen LogP contribution < -0.4 is 11.2 Å². The van der Waals surface area contributed by atoms with Crippen molar-refractivity contribution in [3.05, 3.63) is 17.5 Å². The summed E-state index contributed by atoms with van der Waals surface area (Å²) in [4.78, 5) is 15.2. The second-order valence-corrected chi connectivity index (χ2v) is 3.17. The maximum Gasteiger partial charge on any atom is 0.245 e. The summed E-state index contributed by atoms with van der Waals surface area (Å²) in [5, 5.41) is 4.27. The van der Waals surface area contributed by atoms with Gasteiger partial charge in [-0.25, -0.2) is 0 Å². The van der Waals surface area contributed by atoms with Crippen LogP contribution >= 0.6 is 0 Å². The normalized spacial score (nSPS) is 10.5. The monoisotopic (exact) mass is 212 g/mol. The molecule has 0 aliphatic heterocycles. The molecule has 0 saturated heterocycles. The first kappa shape index (κ1) is 11.7. The molecule has 15 heavy (non-hydrogen) atoms. The zero-order chi connectivity index (χ0) is 11.3. The highest BCUT2D eigenvalue weighted by Crippen LogP contribution is 2.02. The smallest absolute Gasteiger partial charge is 0.245 e. The van der Waals surface area contributed by atoms with Crippen LogP contribution in [0.25, 0.3) is 0 Å². The fraction of sp³-hybridized carbons (Fsp3) is 0.556. The van der Waals surface area contributed by atoms with Gasteiger partial charge >= 0.3 is 0 Å². The molecule has 1 aromatic heterocycles. The maximum atomic E-state index is 10.4. The molecule has 0 fully saturated rings. The number of hydrogen-bond acceptors (Lipinski definition) is 4. The number of hydrogen-bond donors (Lipinski definition) is 2. The van der Waals surface area contributed by atoms with Crippen molar-refractivity contribution in [3.8, 4) is 0 Å². The quantitative estimate of drug-likeness (QED) is 0.502. The fourth-order valence-corrected chi connectivity index (χ4v) is 1.26. The third-order valence-corrected chi connectivity index (χ3v) is 1.85. The minimum Gasteiger partial charge on any atom is -0.368 e. The highest BCUT2D eigenvalue weighted by Gasteiger charge is 2.03. The molecular formula is C9H16N4O2. The number of carbonyl (C=O) groups is 1. The highest BCUT2D eigenvalue weighted by atomic mass is 16.6. The van der Waals surface area contributed by atoms with Crippen LogP contribution in [0.1, 0.15) is 18.3 Å². The molecule has 0 aliphatic carbocycles. The molecule has 6 heteroatoms. The first-order chi connectivity index (χ1) is 7.13. The van der Waals surface area contributed by atoms with E-state index in [1.165, 1.54) is 0 Å². The van der Waals surface area contributed by atoms with E-state index in [0.29, 0.717) is 6.54 Å². The number of hydroxylamine groups is 1. The van der Waals surface area contributed by atoms with Crippen LogP contribution in [-0.4, -0.2) is 22.3 Å². The number of aryl methyl sites for hydroxylation is 2. The summed E-state index contributed by atoms with van der Waals surface area (Å²) in [7, 11) is 0. The minimum absolute atomic E-state index is 0.126. The summed E-state index contributed by atoms with van der Waals surface area (Å²) in [6.45, 7) is 5.13. The van der Waals surface area contributed by atoms with E-state index in [4.69, 9.17) is 10.6 Å². The largest absolute Gasteiger partial charge is 0.368 e. The van der Waals surface area contributed by atoms with E-state index in [-0.39, 0.29) is 6.61 Å². The maximum absolute atomic E-state index is 10.4. The molecule has 0 saturated carbocycles. The minimum atomic E-state index is -0.498. The molecule has 1 amide bonds. The van der Waals surface area contributed by atoms with E-state index in [2.05, 4.69) is 10.6 Å². The molecule has 0 unspecified atom stereocenters. The first-order valence-electron chi connectivity index (χ1n) is 4.79. The van der Waals surface area contributed by atoms with E-state index in [1.807, 2.05) is 24.6 Å². The molecule has 1 heterocycles. The molecule has 3 N–H and O–H groups in total. The van der Waals surface area contributed by atoms with Gasteiger partial charge in [-0.1, -0.05) is 0 Å². The number of nitrogens with two attached hydrogens (primary N) is 1. The summed E-state index contributed by atoms with van der Waals surface area (Å²) in [5.74, 6) is -0.498. The second-order valence-electron chi connectivity index (χ2n) is 3.17. The first-order valence-corrected chi connectivity index (χ1v) is 4.79. The van der Waals surface area contributed by atoms with Gasteiger partial charge < -0.3 is 5.73 Å². The number of carbonyl (C=O) groups excluding carboxylic acids is 1. The molecule has 0 bridgehead atoms. The molecule has 6 nitrogen and oxygen atoms in total.